The Hall–Kier alpha value is -2.89. The number of carbonyl (C=O) groups excluding carboxylic acids is 1. The molecule has 0 aliphatic carbocycles. The van der Waals surface area contributed by atoms with E-state index in [1.54, 1.807) is 37.3 Å². The molecule has 0 saturated heterocycles. The Morgan fingerprint density at radius 2 is 1.62 bits per heavy atom. The van der Waals surface area contributed by atoms with Crippen LogP contribution in [0.5, 0.6) is 11.5 Å². The fourth-order valence-electron chi connectivity index (χ4n) is 2.13. The van der Waals surface area contributed by atoms with Gasteiger partial charge in [0.25, 0.3) is 0 Å². The lowest BCUT2D eigenvalue weighted by Gasteiger charge is -2.12. The second-order valence-electron chi connectivity index (χ2n) is 5.09. The predicted molar refractivity (Wildman–Crippen MR) is 93.0 cm³/mol. The molecule has 2 aromatic rings. The quantitative estimate of drug-likeness (QED) is 0.438. The third kappa shape index (κ3) is 5.08. The molecule has 0 fully saturated rings. The van der Waals surface area contributed by atoms with E-state index in [9.17, 15) is 4.79 Å². The summed E-state index contributed by atoms with van der Waals surface area (Å²) in [5, 5.41) is 0. The number of hydrogen-bond donors (Lipinski definition) is 2. The molecule has 0 aromatic heterocycles. The molecule has 0 heterocycles. The molecule has 0 bridgehead atoms. The zero-order chi connectivity index (χ0) is 17.4. The van der Waals surface area contributed by atoms with Crippen LogP contribution in [0, 0.1) is 0 Å². The first-order chi connectivity index (χ1) is 11.6. The average molecular weight is 330 g/mol. The highest BCUT2D eigenvalue weighted by Gasteiger charge is 2.07. The minimum Gasteiger partial charge on any atom is -0.488 e. The second-order valence-corrected chi connectivity index (χ2v) is 5.09. The molecule has 2 rings (SSSR count). The van der Waals surface area contributed by atoms with E-state index >= 15 is 0 Å². The number of nitrogen functional groups attached to an aromatic ring is 2. The lowest BCUT2D eigenvalue weighted by molar-refractivity contribution is -0.142. The minimum absolute atomic E-state index is 0.189. The van der Waals surface area contributed by atoms with Crippen LogP contribution in [0.1, 0.15) is 12.5 Å². The van der Waals surface area contributed by atoms with Crippen molar-refractivity contribution in [3.05, 3.63) is 48.0 Å². The van der Waals surface area contributed by atoms with Gasteiger partial charge in [-0.1, -0.05) is 18.2 Å². The van der Waals surface area contributed by atoms with Crippen LogP contribution in [0.15, 0.2) is 42.5 Å². The van der Waals surface area contributed by atoms with Gasteiger partial charge in [-0.05, 0) is 36.8 Å². The summed E-state index contributed by atoms with van der Waals surface area (Å²) in [5.41, 5.74) is 13.6. The maximum absolute atomic E-state index is 11.5. The Bertz CT molecular complexity index is 688. The number of ether oxygens (including phenoxy) is 3. The number of rotatable bonds is 8. The molecule has 6 nitrogen and oxygen atoms in total. The molecule has 128 valence electrons. The van der Waals surface area contributed by atoms with Crippen LogP contribution in [0.3, 0.4) is 0 Å². The number of esters is 1. The average Bonchev–Trinajstić information content (AvgIpc) is 2.55. The Balaban J connectivity index is 1.82. The Morgan fingerprint density at radius 1 is 0.958 bits per heavy atom. The van der Waals surface area contributed by atoms with E-state index in [1.165, 1.54) is 0 Å². The number of nitrogens with two attached hydrogens (primary N) is 2. The number of para-hydroxylation sites is 2. The predicted octanol–water partition coefficient (Wildman–Crippen LogP) is 2.41. The Kier molecular flexibility index (Phi) is 6.31. The van der Waals surface area contributed by atoms with Gasteiger partial charge in [0.15, 0.2) is 0 Å². The highest BCUT2D eigenvalue weighted by molar-refractivity contribution is 5.73. The zero-order valence-corrected chi connectivity index (χ0v) is 13.7. The van der Waals surface area contributed by atoms with Crippen LogP contribution in [0.2, 0.25) is 0 Å². The summed E-state index contributed by atoms with van der Waals surface area (Å²) in [6.45, 7) is 2.81. The van der Waals surface area contributed by atoms with Crippen molar-refractivity contribution >= 4 is 17.3 Å². The molecular formula is C18H22N2O4. The fourth-order valence-corrected chi connectivity index (χ4v) is 2.13. The van der Waals surface area contributed by atoms with Crippen molar-refractivity contribution in [2.24, 2.45) is 0 Å². The van der Waals surface area contributed by atoms with E-state index in [1.807, 2.05) is 12.1 Å². The summed E-state index contributed by atoms with van der Waals surface area (Å²) >= 11 is 0. The van der Waals surface area contributed by atoms with Crippen LogP contribution in [-0.4, -0.2) is 25.8 Å². The third-order valence-corrected chi connectivity index (χ3v) is 3.25. The van der Waals surface area contributed by atoms with Gasteiger partial charge in [0.1, 0.15) is 24.7 Å². The monoisotopic (exact) mass is 330 g/mol. The first-order valence-electron chi connectivity index (χ1n) is 7.74. The molecule has 4 N–H and O–H groups in total. The van der Waals surface area contributed by atoms with Gasteiger partial charge in [0.05, 0.1) is 24.4 Å². The Morgan fingerprint density at radius 3 is 2.25 bits per heavy atom. The molecule has 0 saturated carbocycles. The summed E-state index contributed by atoms with van der Waals surface area (Å²) in [5.74, 6) is 0.894. The topological polar surface area (TPSA) is 96.8 Å². The van der Waals surface area contributed by atoms with Gasteiger partial charge in [0, 0.05) is 0 Å². The molecule has 0 aliphatic heterocycles. The first kappa shape index (κ1) is 17.5. The number of hydrogen-bond acceptors (Lipinski definition) is 6. The van der Waals surface area contributed by atoms with Crippen LogP contribution in [-0.2, 0) is 16.0 Å². The van der Waals surface area contributed by atoms with Gasteiger partial charge in [-0.2, -0.15) is 0 Å². The standard InChI is InChI=1S/C18H22N2O4/c1-2-22-18(21)12-13-7-8-17(15(20)11-13)24-10-9-23-16-6-4-3-5-14(16)19/h3-8,11H,2,9-10,12,19-20H2,1H3. The molecule has 0 radical (unpaired) electrons. The van der Waals surface area contributed by atoms with Gasteiger partial charge in [-0.3, -0.25) is 4.79 Å². The van der Waals surface area contributed by atoms with E-state index in [0.29, 0.717) is 42.7 Å². The lowest BCUT2D eigenvalue weighted by atomic mass is 10.1. The molecule has 24 heavy (non-hydrogen) atoms. The fraction of sp³-hybridized carbons (Fsp3) is 0.278. The van der Waals surface area contributed by atoms with E-state index in [0.717, 1.165) is 5.56 Å². The highest BCUT2D eigenvalue weighted by Crippen LogP contribution is 2.23. The van der Waals surface area contributed by atoms with E-state index in [2.05, 4.69) is 0 Å². The van der Waals surface area contributed by atoms with Crippen molar-refractivity contribution in [3.8, 4) is 11.5 Å². The summed E-state index contributed by atoms with van der Waals surface area (Å²) in [6.07, 6.45) is 0.189. The Labute approximate surface area is 141 Å². The molecular weight excluding hydrogens is 308 g/mol. The van der Waals surface area contributed by atoms with Gasteiger partial charge in [0.2, 0.25) is 0 Å². The minimum atomic E-state index is -0.278. The smallest absolute Gasteiger partial charge is 0.310 e. The molecule has 0 aliphatic rings. The van der Waals surface area contributed by atoms with Crippen LogP contribution < -0.4 is 20.9 Å². The van der Waals surface area contributed by atoms with E-state index in [-0.39, 0.29) is 12.4 Å². The van der Waals surface area contributed by atoms with Crippen molar-refractivity contribution in [1.29, 1.82) is 0 Å². The summed E-state index contributed by atoms with van der Waals surface area (Å²) in [4.78, 5) is 11.5. The van der Waals surface area contributed by atoms with Crippen molar-refractivity contribution in [1.82, 2.24) is 0 Å². The first-order valence-corrected chi connectivity index (χ1v) is 7.74. The largest absolute Gasteiger partial charge is 0.488 e. The van der Waals surface area contributed by atoms with Gasteiger partial charge < -0.3 is 25.7 Å². The third-order valence-electron chi connectivity index (χ3n) is 3.25. The normalized spacial score (nSPS) is 10.2. The molecule has 0 spiro atoms. The van der Waals surface area contributed by atoms with Gasteiger partial charge >= 0.3 is 5.97 Å². The molecule has 6 heteroatoms. The number of carbonyl (C=O) groups is 1. The van der Waals surface area contributed by atoms with Gasteiger partial charge in [-0.25, -0.2) is 0 Å². The maximum Gasteiger partial charge on any atom is 0.310 e. The molecule has 2 aromatic carbocycles. The second kappa shape index (κ2) is 8.67. The highest BCUT2D eigenvalue weighted by atomic mass is 16.5. The molecule has 0 atom stereocenters. The number of benzene rings is 2. The van der Waals surface area contributed by atoms with Crippen molar-refractivity contribution in [3.63, 3.8) is 0 Å². The number of anilines is 2. The zero-order valence-electron chi connectivity index (χ0n) is 13.7. The van der Waals surface area contributed by atoms with E-state index in [4.69, 9.17) is 25.7 Å². The summed E-state index contributed by atoms with van der Waals surface area (Å²) in [7, 11) is 0. The SMILES string of the molecule is CCOC(=O)Cc1ccc(OCCOc2ccccc2N)c(N)c1. The van der Waals surface area contributed by atoms with Crippen molar-refractivity contribution in [2.75, 3.05) is 31.3 Å². The lowest BCUT2D eigenvalue weighted by Crippen LogP contribution is -2.11. The summed E-state index contributed by atoms with van der Waals surface area (Å²) in [6, 6.07) is 12.5. The van der Waals surface area contributed by atoms with E-state index < -0.39 is 0 Å². The van der Waals surface area contributed by atoms with Crippen LogP contribution in [0.4, 0.5) is 11.4 Å². The van der Waals surface area contributed by atoms with Gasteiger partial charge in [-0.15, -0.1) is 0 Å². The van der Waals surface area contributed by atoms with Crippen LogP contribution in [0.25, 0.3) is 0 Å². The van der Waals surface area contributed by atoms with Crippen molar-refractivity contribution in [2.45, 2.75) is 13.3 Å². The van der Waals surface area contributed by atoms with Crippen molar-refractivity contribution < 1.29 is 19.0 Å². The molecule has 0 amide bonds. The molecule has 0 unspecified atom stereocenters. The maximum atomic E-state index is 11.5. The van der Waals surface area contributed by atoms with Crippen LogP contribution >= 0.6 is 0 Å². The summed E-state index contributed by atoms with van der Waals surface area (Å²) < 4.78 is 16.1.